The van der Waals surface area contributed by atoms with E-state index in [1.54, 1.807) is 30.6 Å². The van der Waals surface area contributed by atoms with Crippen LogP contribution in [0.25, 0.3) is 22.8 Å². The Labute approximate surface area is 113 Å². The van der Waals surface area contributed by atoms with Gasteiger partial charge in [-0.3, -0.25) is 4.98 Å². The van der Waals surface area contributed by atoms with E-state index in [0.717, 1.165) is 5.56 Å². The van der Waals surface area contributed by atoms with Crippen molar-refractivity contribution in [1.29, 1.82) is 0 Å². The van der Waals surface area contributed by atoms with Crippen molar-refractivity contribution in [3.63, 3.8) is 0 Å². The first kappa shape index (κ1) is 12.0. The molecule has 0 aliphatic carbocycles. The maximum atomic E-state index is 10.8. The average molecular weight is 267 g/mol. The van der Waals surface area contributed by atoms with Crippen LogP contribution in [0.4, 0.5) is 0 Å². The fourth-order valence-electron chi connectivity index (χ4n) is 1.71. The number of rotatable bonds is 3. The van der Waals surface area contributed by atoms with E-state index in [1.807, 2.05) is 6.07 Å². The zero-order valence-corrected chi connectivity index (χ0v) is 10.2. The molecule has 1 N–H and O–H groups in total. The highest BCUT2D eigenvalue weighted by molar-refractivity contribution is 5.88. The van der Waals surface area contributed by atoms with E-state index in [9.17, 15) is 4.79 Å². The van der Waals surface area contributed by atoms with E-state index in [4.69, 9.17) is 9.63 Å². The van der Waals surface area contributed by atoms with Crippen LogP contribution in [0.15, 0.2) is 53.3 Å². The summed E-state index contributed by atoms with van der Waals surface area (Å²) >= 11 is 0. The second kappa shape index (κ2) is 4.93. The van der Waals surface area contributed by atoms with Gasteiger partial charge in [-0.2, -0.15) is 4.98 Å². The first-order chi connectivity index (χ1) is 9.74. The maximum Gasteiger partial charge on any atom is 0.335 e. The van der Waals surface area contributed by atoms with Crippen LogP contribution in [0.5, 0.6) is 0 Å². The van der Waals surface area contributed by atoms with Crippen molar-refractivity contribution >= 4 is 5.97 Å². The third-order valence-electron chi connectivity index (χ3n) is 2.72. The molecular formula is C14H9N3O3. The van der Waals surface area contributed by atoms with Gasteiger partial charge in [-0.25, -0.2) is 4.79 Å². The molecule has 3 aromatic rings. The molecule has 0 unspecified atom stereocenters. The minimum atomic E-state index is -0.974. The predicted octanol–water partition coefficient (Wildman–Crippen LogP) is 2.50. The molecule has 6 nitrogen and oxygen atoms in total. The summed E-state index contributed by atoms with van der Waals surface area (Å²) in [5, 5.41) is 12.7. The monoisotopic (exact) mass is 267 g/mol. The van der Waals surface area contributed by atoms with Crippen molar-refractivity contribution < 1.29 is 14.4 Å². The van der Waals surface area contributed by atoms with E-state index < -0.39 is 5.97 Å². The molecular weight excluding hydrogens is 258 g/mol. The first-order valence-electron chi connectivity index (χ1n) is 5.82. The Morgan fingerprint density at radius 3 is 2.55 bits per heavy atom. The summed E-state index contributed by atoms with van der Waals surface area (Å²) in [6.45, 7) is 0. The molecule has 0 aliphatic rings. The Kier molecular flexibility index (Phi) is 2.96. The predicted molar refractivity (Wildman–Crippen MR) is 69.9 cm³/mol. The number of benzene rings is 1. The minimum absolute atomic E-state index is 0.209. The molecule has 0 aliphatic heterocycles. The Morgan fingerprint density at radius 2 is 1.90 bits per heavy atom. The van der Waals surface area contributed by atoms with Crippen molar-refractivity contribution in [2.24, 2.45) is 0 Å². The molecule has 0 fully saturated rings. The van der Waals surface area contributed by atoms with Gasteiger partial charge in [0.25, 0.3) is 5.89 Å². The lowest BCUT2D eigenvalue weighted by Gasteiger charge is -1.95. The van der Waals surface area contributed by atoms with Crippen LogP contribution in [0, 0.1) is 0 Å². The van der Waals surface area contributed by atoms with Crippen molar-refractivity contribution in [2.45, 2.75) is 0 Å². The number of carbonyl (C=O) groups is 1. The second-order valence-corrected chi connectivity index (χ2v) is 4.05. The van der Waals surface area contributed by atoms with Gasteiger partial charge in [-0.05, 0) is 36.4 Å². The normalized spacial score (nSPS) is 10.4. The largest absolute Gasteiger partial charge is 0.478 e. The molecule has 0 saturated carbocycles. The Balaban J connectivity index is 1.92. The lowest BCUT2D eigenvalue weighted by Crippen LogP contribution is -1.94. The van der Waals surface area contributed by atoms with E-state index in [1.165, 1.54) is 12.1 Å². The van der Waals surface area contributed by atoms with Crippen molar-refractivity contribution in [1.82, 2.24) is 15.1 Å². The summed E-state index contributed by atoms with van der Waals surface area (Å²) < 4.78 is 5.17. The van der Waals surface area contributed by atoms with Crippen molar-refractivity contribution in [3.05, 3.63) is 54.4 Å². The molecule has 0 spiro atoms. The molecule has 2 aromatic heterocycles. The maximum absolute atomic E-state index is 10.8. The molecule has 0 radical (unpaired) electrons. The van der Waals surface area contributed by atoms with E-state index in [0.29, 0.717) is 17.3 Å². The van der Waals surface area contributed by atoms with Crippen LogP contribution in [-0.4, -0.2) is 26.2 Å². The van der Waals surface area contributed by atoms with Gasteiger partial charge < -0.3 is 9.63 Å². The Hall–Kier alpha value is -3.02. The van der Waals surface area contributed by atoms with Crippen molar-refractivity contribution in [2.75, 3.05) is 0 Å². The molecule has 0 amide bonds. The molecule has 6 heteroatoms. The SMILES string of the molecule is O=C(O)c1ccc(-c2nc(-c3cccnc3)no2)cc1. The van der Waals surface area contributed by atoms with Crippen LogP contribution in [-0.2, 0) is 0 Å². The standard InChI is InChI=1S/C14H9N3O3/c18-14(19)10-5-3-9(4-6-10)13-16-12(17-20-13)11-2-1-7-15-8-11/h1-8H,(H,18,19). The van der Waals surface area contributed by atoms with Gasteiger partial charge in [-0.15, -0.1) is 0 Å². The Bertz CT molecular complexity index is 736. The zero-order valence-electron chi connectivity index (χ0n) is 10.2. The van der Waals surface area contributed by atoms with Crippen molar-refractivity contribution in [3.8, 4) is 22.8 Å². The number of nitrogens with zero attached hydrogens (tertiary/aromatic N) is 3. The van der Waals surface area contributed by atoms with Gasteiger partial charge in [-0.1, -0.05) is 5.16 Å². The van der Waals surface area contributed by atoms with Crippen LogP contribution in [0.1, 0.15) is 10.4 Å². The van der Waals surface area contributed by atoms with Crippen LogP contribution in [0.2, 0.25) is 0 Å². The van der Waals surface area contributed by atoms with Crippen LogP contribution < -0.4 is 0 Å². The van der Waals surface area contributed by atoms with Gasteiger partial charge in [0.2, 0.25) is 5.82 Å². The number of hydrogen-bond donors (Lipinski definition) is 1. The highest BCUT2D eigenvalue weighted by Crippen LogP contribution is 2.21. The fraction of sp³-hybridized carbons (Fsp3) is 0. The van der Waals surface area contributed by atoms with E-state index >= 15 is 0 Å². The minimum Gasteiger partial charge on any atom is -0.478 e. The van der Waals surface area contributed by atoms with E-state index in [2.05, 4.69) is 15.1 Å². The molecule has 0 bridgehead atoms. The Morgan fingerprint density at radius 1 is 1.10 bits per heavy atom. The molecule has 2 heterocycles. The lowest BCUT2D eigenvalue weighted by atomic mass is 10.1. The van der Waals surface area contributed by atoms with E-state index in [-0.39, 0.29) is 5.56 Å². The smallest absolute Gasteiger partial charge is 0.335 e. The number of hydrogen-bond acceptors (Lipinski definition) is 5. The summed E-state index contributed by atoms with van der Waals surface area (Å²) in [6, 6.07) is 9.85. The molecule has 0 saturated heterocycles. The summed E-state index contributed by atoms with van der Waals surface area (Å²) in [5.74, 6) is -0.200. The van der Waals surface area contributed by atoms with Gasteiger partial charge >= 0.3 is 5.97 Å². The number of carboxylic acids is 1. The fourth-order valence-corrected chi connectivity index (χ4v) is 1.71. The molecule has 3 rings (SSSR count). The van der Waals surface area contributed by atoms with Gasteiger partial charge in [0.1, 0.15) is 0 Å². The highest BCUT2D eigenvalue weighted by Gasteiger charge is 2.11. The van der Waals surface area contributed by atoms with Crippen LogP contribution in [0.3, 0.4) is 0 Å². The number of carboxylic acid groups (broad SMARTS) is 1. The number of pyridine rings is 1. The summed E-state index contributed by atoms with van der Waals surface area (Å²) in [6.07, 6.45) is 3.30. The number of aromatic nitrogens is 3. The van der Waals surface area contributed by atoms with Gasteiger partial charge in [0.05, 0.1) is 5.56 Å². The summed E-state index contributed by atoms with van der Waals surface area (Å²) in [5.41, 5.74) is 1.63. The summed E-state index contributed by atoms with van der Waals surface area (Å²) in [7, 11) is 0. The lowest BCUT2D eigenvalue weighted by molar-refractivity contribution is 0.0697. The summed E-state index contributed by atoms with van der Waals surface area (Å²) in [4.78, 5) is 19.0. The topological polar surface area (TPSA) is 89.1 Å². The average Bonchev–Trinajstić information content (AvgIpc) is 2.98. The van der Waals surface area contributed by atoms with Crippen LogP contribution >= 0.6 is 0 Å². The van der Waals surface area contributed by atoms with Gasteiger partial charge in [0.15, 0.2) is 0 Å². The molecule has 98 valence electrons. The first-order valence-corrected chi connectivity index (χ1v) is 5.82. The molecule has 20 heavy (non-hydrogen) atoms. The third-order valence-corrected chi connectivity index (χ3v) is 2.72. The van der Waals surface area contributed by atoms with Gasteiger partial charge in [0, 0.05) is 23.5 Å². The third kappa shape index (κ3) is 2.26. The molecule has 1 aromatic carbocycles. The second-order valence-electron chi connectivity index (χ2n) is 4.05. The highest BCUT2D eigenvalue weighted by atomic mass is 16.5. The quantitative estimate of drug-likeness (QED) is 0.784. The zero-order chi connectivity index (χ0) is 13.9. The number of aromatic carboxylic acids is 1. The molecule has 0 atom stereocenters.